The number of hydrogen-bond acceptors (Lipinski definition) is 5. The summed E-state index contributed by atoms with van der Waals surface area (Å²) in [6.45, 7) is 2.12. The fourth-order valence-corrected chi connectivity index (χ4v) is 4.94. The molecule has 2 aliphatic heterocycles. The number of nitrogens with one attached hydrogen (secondary N) is 2. The van der Waals surface area contributed by atoms with E-state index in [9.17, 15) is 0 Å². The number of rotatable bonds is 4. The average molecular weight is 389 g/mol. The molecule has 0 radical (unpaired) electrons. The van der Waals surface area contributed by atoms with Gasteiger partial charge in [-0.15, -0.1) is 10.2 Å². The summed E-state index contributed by atoms with van der Waals surface area (Å²) in [4.78, 5) is 2.33. The van der Waals surface area contributed by atoms with Crippen LogP contribution < -0.4 is 10.2 Å². The molecule has 0 amide bonds. The molecule has 0 spiro atoms. The molecule has 3 atom stereocenters. The molecule has 4 heterocycles. The molecule has 2 aromatic heterocycles. The van der Waals surface area contributed by atoms with Crippen molar-refractivity contribution in [2.45, 2.75) is 57.2 Å². The van der Waals surface area contributed by atoms with E-state index in [1.807, 2.05) is 12.4 Å². The average Bonchev–Trinajstić information content (AvgIpc) is 3.28. The number of hydrogen-bond donors (Lipinski definition) is 2. The quantitative estimate of drug-likeness (QED) is 0.708. The molecule has 6 nitrogen and oxygen atoms in total. The van der Waals surface area contributed by atoms with Crippen LogP contribution in [0.1, 0.15) is 37.7 Å². The molecule has 1 unspecified atom stereocenters. The van der Waals surface area contributed by atoms with Crippen LogP contribution in [0.15, 0.2) is 42.7 Å². The van der Waals surface area contributed by atoms with Crippen molar-refractivity contribution >= 4 is 5.82 Å². The van der Waals surface area contributed by atoms with Crippen molar-refractivity contribution in [1.82, 2.24) is 25.7 Å². The summed E-state index contributed by atoms with van der Waals surface area (Å²) < 4.78 is 0. The van der Waals surface area contributed by atoms with Gasteiger partial charge in [0.1, 0.15) is 0 Å². The van der Waals surface area contributed by atoms with Gasteiger partial charge in [-0.2, -0.15) is 5.10 Å². The van der Waals surface area contributed by atoms with Gasteiger partial charge < -0.3 is 10.2 Å². The Morgan fingerprint density at radius 2 is 1.83 bits per heavy atom. The molecule has 29 heavy (non-hydrogen) atoms. The van der Waals surface area contributed by atoms with Gasteiger partial charge in [0.15, 0.2) is 5.82 Å². The van der Waals surface area contributed by atoms with E-state index in [0.29, 0.717) is 18.1 Å². The predicted octanol–water partition coefficient (Wildman–Crippen LogP) is 3.95. The summed E-state index contributed by atoms with van der Waals surface area (Å²) in [6.07, 6.45) is 10.1. The molecular formula is C23H28N6. The van der Waals surface area contributed by atoms with Gasteiger partial charge in [0.25, 0.3) is 0 Å². The second-order valence-electron chi connectivity index (χ2n) is 8.52. The minimum atomic E-state index is 0.544. The second-order valence-corrected chi connectivity index (χ2v) is 8.52. The molecular weight excluding hydrogens is 360 g/mol. The van der Waals surface area contributed by atoms with Crippen LogP contribution in [0.5, 0.6) is 0 Å². The first-order valence-electron chi connectivity index (χ1n) is 10.6. The highest BCUT2D eigenvalue weighted by molar-refractivity contribution is 5.71. The Hall–Kier alpha value is -2.73. The molecule has 2 aliphatic rings. The topological polar surface area (TPSA) is 69.7 Å². The second kappa shape index (κ2) is 7.59. The number of H-pyrrole nitrogens is 1. The van der Waals surface area contributed by atoms with E-state index in [2.05, 4.69) is 74.9 Å². The van der Waals surface area contributed by atoms with E-state index < -0.39 is 0 Å². The standard InChI is InChI=1S/C23H28N6/c1-15-10-16(17-13-24-25-14-17)6-7-21(15)22-8-9-23(28-27-22)29(2)20-11-18-4-3-5-19(12-20)26-18/h6-10,13-14,18-20,26H,3-5,11-12H2,1-2H3,(H,24,25)/t18-,19+,20?. The minimum Gasteiger partial charge on any atom is -0.355 e. The lowest BCUT2D eigenvalue weighted by molar-refractivity contribution is 0.219. The van der Waals surface area contributed by atoms with Crippen LogP contribution in [-0.2, 0) is 0 Å². The number of nitrogens with zero attached hydrogens (tertiary/aromatic N) is 4. The normalized spacial score (nSPS) is 23.7. The van der Waals surface area contributed by atoms with Crippen LogP contribution in [-0.4, -0.2) is 45.6 Å². The maximum atomic E-state index is 4.58. The van der Waals surface area contributed by atoms with Crippen molar-refractivity contribution < 1.29 is 0 Å². The highest BCUT2D eigenvalue weighted by atomic mass is 15.3. The van der Waals surface area contributed by atoms with Crippen molar-refractivity contribution in [1.29, 1.82) is 0 Å². The predicted molar refractivity (Wildman–Crippen MR) is 116 cm³/mol. The van der Waals surface area contributed by atoms with Gasteiger partial charge >= 0.3 is 0 Å². The monoisotopic (exact) mass is 388 g/mol. The van der Waals surface area contributed by atoms with Crippen LogP contribution in [0.2, 0.25) is 0 Å². The zero-order valence-electron chi connectivity index (χ0n) is 17.1. The Kier molecular flexibility index (Phi) is 4.79. The summed E-state index contributed by atoms with van der Waals surface area (Å²) in [6, 6.07) is 12.5. The van der Waals surface area contributed by atoms with Crippen LogP contribution in [0.25, 0.3) is 22.4 Å². The number of anilines is 1. The van der Waals surface area contributed by atoms with Crippen LogP contribution >= 0.6 is 0 Å². The molecule has 2 fully saturated rings. The lowest BCUT2D eigenvalue weighted by Gasteiger charge is -2.43. The summed E-state index contributed by atoms with van der Waals surface area (Å²) in [5.41, 5.74) is 5.47. The summed E-state index contributed by atoms with van der Waals surface area (Å²) in [5.74, 6) is 0.964. The van der Waals surface area contributed by atoms with Crippen molar-refractivity contribution in [3.05, 3.63) is 48.3 Å². The van der Waals surface area contributed by atoms with Gasteiger partial charge in [-0.3, -0.25) is 5.10 Å². The number of aromatic amines is 1. The molecule has 5 rings (SSSR count). The third kappa shape index (κ3) is 3.65. The summed E-state index contributed by atoms with van der Waals surface area (Å²) in [7, 11) is 2.17. The first-order chi connectivity index (χ1) is 14.2. The Labute approximate surface area is 171 Å². The van der Waals surface area contributed by atoms with Gasteiger partial charge in [0, 0.05) is 42.5 Å². The Morgan fingerprint density at radius 1 is 1.00 bits per heavy atom. The van der Waals surface area contributed by atoms with Gasteiger partial charge in [-0.05, 0) is 55.9 Å². The van der Waals surface area contributed by atoms with Crippen LogP contribution in [0.4, 0.5) is 5.82 Å². The van der Waals surface area contributed by atoms with Gasteiger partial charge in [-0.1, -0.05) is 24.6 Å². The summed E-state index contributed by atoms with van der Waals surface area (Å²) in [5, 5.41) is 19.8. The van der Waals surface area contributed by atoms with E-state index in [0.717, 1.165) is 28.2 Å². The molecule has 2 saturated heterocycles. The third-order valence-electron chi connectivity index (χ3n) is 6.58. The largest absolute Gasteiger partial charge is 0.355 e. The van der Waals surface area contributed by atoms with Crippen LogP contribution in [0.3, 0.4) is 0 Å². The molecule has 2 N–H and O–H groups in total. The minimum absolute atomic E-state index is 0.544. The van der Waals surface area contributed by atoms with E-state index in [1.165, 1.54) is 37.7 Å². The number of benzene rings is 1. The first-order valence-corrected chi connectivity index (χ1v) is 10.6. The highest BCUT2D eigenvalue weighted by Crippen LogP contribution is 2.31. The molecule has 2 bridgehead atoms. The smallest absolute Gasteiger partial charge is 0.151 e. The molecule has 1 aromatic carbocycles. The number of fused-ring (bicyclic) bond motifs is 2. The van der Waals surface area contributed by atoms with Gasteiger partial charge in [-0.25, -0.2) is 0 Å². The zero-order valence-corrected chi connectivity index (χ0v) is 17.1. The van der Waals surface area contributed by atoms with Gasteiger partial charge in [0.2, 0.25) is 0 Å². The van der Waals surface area contributed by atoms with Crippen molar-refractivity contribution in [2.24, 2.45) is 0 Å². The molecule has 0 aliphatic carbocycles. The van der Waals surface area contributed by atoms with Crippen molar-refractivity contribution in [2.75, 3.05) is 11.9 Å². The van der Waals surface area contributed by atoms with Crippen LogP contribution in [0, 0.1) is 6.92 Å². The number of piperidine rings is 2. The summed E-state index contributed by atoms with van der Waals surface area (Å²) >= 11 is 0. The Bertz CT molecular complexity index is 954. The lowest BCUT2D eigenvalue weighted by Crippen LogP contribution is -2.54. The fraction of sp³-hybridized carbons (Fsp3) is 0.435. The third-order valence-corrected chi connectivity index (χ3v) is 6.58. The zero-order chi connectivity index (χ0) is 19.8. The first kappa shape index (κ1) is 18.3. The van der Waals surface area contributed by atoms with E-state index in [-0.39, 0.29) is 0 Å². The van der Waals surface area contributed by atoms with Crippen molar-refractivity contribution in [3.8, 4) is 22.4 Å². The van der Waals surface area contributed by atoms with E-state index >= 15 is 0 Å². The van der Waals surface area contributed by atoms with E-state index in [4.69, 9.17) is 0 Å². The maximum Gasteiger partial charge on any atom is 0.151 e. The lowest BCUT2D eigenvalue weighted by atomic mass is 9.83. The van der Waals surface area contributed by atoms with Crippen molar-refractivity contribution in [3.63, 3.8) is 0 Å². The SMILES string of the molecule is Cc1cc(-c2cn[nH]c2)ccc1-c1ccc(N(C)C2C[C@H]3CCC[C@@H](C2)N3)nn1. The molecule has 0 saturated carbocycles. The maximum absolute atomic E-state index is 4.58. The number of aromatic nitrogens is 4. The molecule has 6 heteroatoms. The molecule has 3 aromatic rings. The Morgan fingerprint density at radius 3 is 2.48 bits per heavy atom. The highest BCUT2D eigenvalue weighted by Gasteiger charge is 2.33. The fourth-order valence-electron chi connectivity index (χ4n) is 4.94. The Balaban J connectivity index is 1.33. The van der Waals surface area contributed by atoms with Gasteiger partial charge in [0.05, 0.1) is 11.9 Å². The molecule has 150 valence electrons. The number of aryl methyl sites for hydroxylation is 1. The van der Waals surface area contributed by atoms with E-state index in [1.54, 1.807) is 0 Å².